The number of hydrogen-bond acceptors (Lipinski definition) is 1. The van der Waals surface area contributed by atoms with Crippen LogP contribution in [0.25, 0.3) is 10.1 Å². The molecule has 0 saturated carbocycles. The average molecular weight is 204 g/mol. The van der Waals surface area contributed by atoms with Crippen molar-refractivity contribution < 1.29 is 0 Å². The lowest BCUT2D eigenvalue weighted by Crippen LogP contribution is -1.90. The second-order valence-corrected chi connectivity index (χ2v) is 5.36. The Balaban J connectivity index is 3.01. The molecule has 2 aromatic rings. The predicted octanol–water partition coefficient (Wildman–Crippen LogP) is 4.44. The van der Waals surface area contributed by atoms with Crippen molar-refractivity contribution >= 4 is 21.4 Å². The minimum atomic E-state index is 1.41. The second-order valence-electron chi connectivity index (χ2n) is 4.10. The van der Waals surface area contributed by atoms with Crippen molar-refractivity contribution in [3.05, 3.63) is 33.2 Å². The maximum atomic E-state index is 2.31. The van der Waals surface area contributed by atoms with Crippen LogP contribution in [0.5, 0.6) is 0 Å². The summed E-state index contributed by atoms with van der Waals surface area (Å²) in [6.45, 7) is 11.1. The Labute approximate surface area is 89.6 Å². The second kappa shape index (κ2) is 3.09. The Morgan fingerprint density at radius 1 is 0.786 bits per heavy atom. The molecule has 0 saturated heterocycles. The maximum Gasteiger partial charge on any atom is 0.0380 e. The van der Waals surface area contributed by atoms with E-state index in [-0.39, 0.29) is 0 Å². The van der Waals surface area contributed by atoms with Gasteiger partial charge in [0.15, 0.2) is 0 Å². The SMILES string of the molecule is Cc1cc2c(C)c(C)c(C)c(C)c2s1. The summed E-state index contributed by atoms with van der Waals surface area (Å²) in [5.41, 5.74) is 5.82. The van der Waals surface area contributed by atoms with Gasteiger partial charge in [0.05, 0.1) is 0 Å². The molecule has 74 valence electrons. The van der Waals surface area contributed by atoms with E-state index in [4.69, 9.17) is 0 Å². The molecule has 0 bridgehead atoms. The Bertz CT molecular complexity index is 459. The Morgan fingerprint density at radius 3 is 2.00 bits per heavy atom. The molecule has 0 atom stereocenters. The highest BCUT2D eigenvalue weighted by Gasteiger charge is 2.10. The molecule has 0 amide bonds. The van der Waals surface area contributed by atoms with E-state index in [1.807, 2.05) is 11.3 Å². The summed E-state index contributed by atoms with van der Waals surface area (Å²) < 4.78 is 1.48. The van der Waals surface area contributed by atoms with Crippen molar-refractivity contribution in [3.63, 3.8) is 0 Å². The Kier molecular flexibility index (Phi) is 2.15. The highest BCUT2D eigenvalue weighted by atomic mass is 32.1. The monoisotopic (exact) mass is 204 g/mol. The third kappa shape index (κ3) is 1.19. The highest BCUT2D eigenvalue weighted by Crippen LogP contribution is 2.34. The van der Waals surface area contributed by atoms with E-state index in [9.17, 15) is 0 Å². The van der Waals surface area contributed by atoms with E-state index >= 15 is 0 Å². The van der Waals surface area contributed by atoms with Crippen LogP contribution in [-0.2, 0) is 0 Å². The summed E-state index contributed by atoms with van der Waals surface area (Å²) in [6.07, 6.45) is 0. The van der Waals surface area contributed by atoms with E-state index in [0.29, 0.717) is 0 Å². The third-order valence-corrected chi connectivity index (χ3v) is 4.46. The minimum absolute atomic E-state index is 1.41. The molecule has 0 radical (unpaired) electrons. The summed E-state index contributed by atoms with van der Waals surface area (Å²) in [5.74, 6) is 0. The molecular weight excluding hydrogens is 188 g/mol. The molecule has 0 fully saturated rings. The van der Waals surface area contributed by atoms with E-state index < -0.39 is 0 Å². The van der Waals surface area contributed by atoms with Gasteiger partial charge >= 0.3 is 0 Å². The van der Waals surface area contributed by atoms with Crippen LogP contribution in [0, 0.1) is 34.6 Å². The van der Waals surface area contributed by atoms with Crippen LogP contribution in [0.3, 0.4) is 0 Å². The van der Waals surface area contributed by atoms with Crippen LogP contribution in [0.4, 0.5) is 0 Å². The summed E-state index contributed by atoms with van der Waals surface area (Å²) in [6, 6.07) is 2.31. The zero-order chi connectivity index (χ0) is 10.5. The van der Waals surface area contributed by atoms with E-state index in [1.165, 1.54) is 37.2 Å². The fourth-order valence-electron chi connectivity index (χ4n) is 2.01. The van der Waals surface area contributed by atoms with Crippen molar-refractivity contribution in [3.8, 4) is 0 Å². The fraction of sp³-hybridized carbons (Fsp3) is 0.385. The molecule has 14 heavy (non-hydrogen) atoms. The number of benzene rings is 1. The molecule has 1 aromatic heterocycles. The number of fused-ring (bicyclic) bond motifs is 1. The topological polar surface area (TPSA) is 0 Å². The summed E-state index contributed by atoms with van der Waals surface area (Å²) in [5, 5.41) is 1.45. The lowest BCUT2D eigenvalue weighted by Gasteiger charge is -2.10. The van der Waals surface area contributed by atoms with E-state index in [2.05, 4.69) is 40.7 Å². The molecule has 0 unspecified atom stereocenters. The molecule has 1 aromatic carbocycles. The van der Waals surface area contributed by atoms with Crippen LogP contribution < -0.4 is 0 Å². The van der Waals surface area contributed by atoms with Gasteiger partial charge in [0.25, 0.3) is 0 Å². The van der Waals surface area contributed by atoms with Crippen LogP contribution in [-0.4, -0.2) is 0 Å². The molecule has 0 aliphatic rings. The van der Waals surface area contributed by atoms with Crippen LogP contribution in [0.2, 0.25) is 0 Å². The van der Waals surface area contributed by atoms with Crippen molar-refractivity contribution in [2.24, 2.45) is 0 Å². The van der Waals surface area contributed by atoms with Gasteiger partial charge in [-0.1, -0.05) is 0 Å². The van der Waals surface area contributed by atoms with Crippen molar-refractivity contribution in [1.29, 1.82) is 0 Å². The van der Waals surface area contributed by atoms with Crippen LogP contribution >= 0.6 is 11.3 Å². The molecular formula is C13H16S. The van der Waals surface area contributed by atoms with E-state index in [0.717, 1.165) is 0 Å². The van der Waals surface area contributed by atoms with Gasteiger partial charge in [0, 0.05) is 9.58 Å². The first-order valence-corrected chi connectivity index (χ1v) is 5.80. The standard InChI is InChI=1S/C13H16S/c1-7-6-12-10(4)8(2)9(3)11(5)13(12)14-7/h6H,1-5H3. The number of thiophene rings is 1. The first-order valence-electron chi connectivity index (χ1n) is 4.99. The molecule has 0 aliphatic heterocycles. The number of rotatable bonds is 0. The van der Waals surface area contributed by atoms with Gasteiger partial charge in [-0.25, -0.2) is 0 Å². The van der Waals surface area contributed by atoms with Crippen LogP contribution in [0.15, 0.2) is 6.07 Å². The predicted molar refractivity (Wildman–Crippen MR) is 65.5 cm³/mol. The van der Waals surface area contributed by atoms with Gasteiger partial charge in [-0.2, -0.15) is 0 Å². The smallest absolute Gasteiger partial charge is 0.0380 e. The lowest BCUT2D eigenvalue weighted by atomic mass is 9.96. The fourth-order valence-corrected chi connectivity index (χ4v) is 3.13. The molecule has 1 heterocycles. The lowest BCUT2D eigenvalue weighted by molar-refractivity contribution is 1.26. The molecule has 0 aliphatic carbocycles. The van der Waals surface area contributed by atoms with Gasteiger partial charge < -0.3 is 0 Å². The van der Waals surface area contributed by atoms with Crippen molar-refractivity contribution in [1.82, 2.24) is 0 Å². The summed E-state index contributed by atoms with van der Waals surface area (Å²) >= 11 is 1.92. The van der Waals surface area contributed by atoms with Gasteiger partial charge in [0.1, 0.15) is 0 Å². The zero-order valence-corrected chi connectivity index (χ0v) is 10.3. The average Bonchev–Trinajstić information content (AvgIpc) is 2.54. The summed E-state index contributed by atoms with van der Waals surface area (Å²) in [4.78, 5) is 1.41. The van der Waals surface area contributed by atoms with Gasteiger partial charge in [-0.15, -0.1) is 11.3 Å². The molecule has 0 nitrogen and oxygen atoms in total. The van der Waals surface area contributed by atoms with Crippen LogP contribution in [0.1, 0.15) is 27.1 Å². The zero-order valence-electron chi connectivity index (χ0n) is 9.49. The highest BCUT2D eigenvalue weighted by molar-refractivity contribution is 7.19. The van der Waals surface area contributed by atoms with Gasteiger partial charge in [-0.3, -0.25) is 0 Å². The Hall–Kier alpha value is -0.820. The largest absolute Gasteiger partial charge is 0.140 e. The number of aryl methyl sites for hydroxylation is 3. The molecule has 2 rings (SSSR count). The van der Waals surface area contributed by atoms with Gasteiger partial charge in [0.2, 0.25) is 0 Å². The summed E-state index contributed by atoms with van der Waals surface area (Å²) in [7, 11) is 0. The molecule has 1 heteroatoms. The Morgan fingerprint density at radius 2 is 1.36 bits per heavy atom. The maximum absolute atomic E-state index is 2.31. The first-order chi connectivity index (χ1) is 6.52. The van der Waals surface area contributed by atoms with Crippen molar-refractivity contribution in [2.75, 3.05) is 0 Å². The number of hydrogen-bond donors (Lipinski definition) is 0. The van der Waals surface area contributed by atoms with Gasteiger partial charge in [-0.05, 0) is 68.3 Å². The van der Waals surface area contributed by atoms with E-state index in [1.54, 1.807) is 0 Å². The third-order valence-electron chi connectivity index (χ3n) is 3.29. The molecule has 0 spiro atoms. The first kappa shape index (κ1) is 9.72. The quantitative estimate of drug-likeness (QED) is 0.595. The molecule has 0 N–H and O–H groups in total. The normalized spacial score (nSPS) is 11.2. The van der Waals surface area contributed by atoms with Crippen molar-refractivity contribution in [2.45, 2.75) is 34.6 Å². The minimum Gasteiger partial charge on any atom is -0.140 e.